The highest BCUT2D eigenvalue weighted by atomic mass is 16.2. The van der Waals surface area contributed by atoms with E-state index in [1.165, 1.54) is 0 Å². The lowest BCUT2D eigenvalue weighted by Crippen LogP contribution is -2.47. The molecular weight excluding hydrogens is 206 g/mol. The molecule has 0 spiro atoms. The SMILES string of the molecule is CCCCNC(=O)CNC(C)(C)CC(N)=O. The molecule has 0 radical (unpaired) electrons. The zero-order chi connectivity index (χ0) is 12.6. The van der Waals surface area contributed by atoms with Crippen molar-refractivity contribution in [1.82, 2.24) is 10.6 Å². The minimum absolute atomic E-state index is 0.0500. The lowest BCUT2D eigenvalue weighted by atomic mass is 10.0. The summed E-state index contributed by atoms with van der Waals surface area (Å²) in [5.74, 6) is -0.421. The van der Waals surface area contributed by atoms with E-state index in [1.807, 2.05) is 13.8 Å². The molecule has 0 aromatic rings. The average molecular weight is 229 g/mol. The standard InChI is InChI=1S/C11H23N3O2/c1-4-5-6-13-10(16)8-14-11(2,3)7-9(12)15/h14H,4-8H2,1-3H3,(H2,12,15)(H,13,16). The number of carbonyl (C=O) groups excluding carboxylic acids is 2. The van der Waals surface area contributed by atoms with E-state index in [9.17, 15) is 9.59 Å². The number of rotatable bonds is 8. The summed E-state index contributed by atoms with van der Waals surface area (Å²) in [5.41, 5.74) is 4.67. The summed E-state index contributed by atoms with van der Waals surface area (Å²) >= 11 is 0. The molecule has 0 bridgehead atoms. The molecule has 94 valence electrons. The number of carbonyl (C=O) groups is 2. The number of hydrogen-bond acceptors (Lipinski definition) is 3. The highest BCUT2D eigenvalue weighted by Gasteiger charge is 2.20. The van der Waals surface area contributed by atoms with Crippen molar-refractivity contribution in [2.45, 2.75) is 45.6 Å². The van der Waals surface area contributed by atoms with Crippen LogP contribution in [0.1, 0.15) is 40.0 Å². The third-order valence-corrected chi connectivity index (χ3v) is 2.20. The Morgan fingerprint density at radius 1 is 1.31 bits per heavy atom. The largest absolute Gasteiger partial charge is 0.370 e. The molecule has 5 nitrogen and oxygen atoms in total. The number of hydrogen-bond donors (Lipinski definition) is 3. The predicted octanol–water partition coefficient (Wildman–Crippen LogP) is 0.146. The van der Waals surface area contributed by atoms with Crippen LogP contribution in [0.25, 0.3) is 0 Å². The van der Waals surface area contributed by atoms with Gasteiger partial charge in [0.1, 0.15) is 0 Å². The molecule has 0 atom stereocenters. The molecule has 5 heteroatoms. The smallest absolute Gasteiger partial charge is 0.233 e. The van der Waals surface area contributed by atoms with Gasteiger partial charge in [0.05, 0.1) is 6.54 Å². The minimum atomic E-state index is -0.437. The topological polar surface area (TPSA) is 84.2 Å². The summed E-state index contributed by atoms with van der Waals surface area (Å²) in [5, 5.41) is 5.80. The van der Waals surface area contributed by atoms with Gasteiger partial charge < -0.3 is 16.4 Å². The normalized spacial score (nSPS) is 11.2. The molecule has 0 aromatic heterocycles. The molecule has 0 saturated heterocycles. The fourth-order valence-electron chi connectivity index (χ4n) is 1.28. The number of primary amides is 1. The van der Waals surface area contributed by atoms with Gasteiger partial charge in [0.15, 0.2) is 0 Å². The van der Waals surface area contributed by atoms with Gasteiger partial charge in [0.25, 0.3) is 0 Å². The van der Waals surface area contributed by atoms with Gasteiger partial charge in [0.2, 0.25) is 11.8 Å². The van der Waals surface area contributed by atoms with E-state index in [0.29, 0.717) is 6.54 Å². The highest BCUT2D eigenvalue weighted by Crippen LogP contribution is 2.06. The fourth-order valence-corrected chi connectivity index (χ4v) is 1.28. The van der Waals surface area contributed by atoms with Crippen molar-refractivity contribution < 1.29 is 9.59 Å². The van der Waals surface area contributed by atoms with Crippen LogP contribution in [0.15, 0.2) is 0 Å². The Labute approximate surface area is 97.2 Å². The number of amides is 2. The van der Waals surface area contributed by atoms with Crippen molar-refractivity contribution in [3.63, 3.8) is 0 Å². The van der Waals surface area contributed by atoms with Crippen molar-refractivity contribution in [1.29, 1.82) is 0 Å². The van der Waals surface area contributed by atoms with Gasteiger partial charge in [-0.15, -0.1) is 0 Å². The van der Waals surface area contributed by atoms with Crippen LogP contribution in [-0.2, 0) is 9.59 Å². The van der Waals surface area contributed by atoms with Gasteiger partial charge in [-0.05, 0) is 20.3 Å². The maximum atomic E-state index is 11.4. The summed E-state index contributed by atoms with van der Waals surface area (Å²) in [7, 11) is 0. The van der Waals surface area contributed by atoms with E-state index in [1.54, 1.807) is 0 Å². The number of nitrogens with two attached hydrogens (primary N) is 1. The summed E-state index contributed by atoms with van der Waals surface area (Å²) in [6, 6.07) is 0. The molecule has 0 rings (SSSR count). The second kappa shape index (κ2) is 7.22. The summed E-state index contributed by atoms with van der Waals surface area (Å²) in [6.45, 7) is 6.67. The molecule has 0 fully saturated rings. The molecule has 0 aliphatic carbocycles. The lowest BCUT2D eigenvalue weighted by molar-refractivity contribution is -0.122. The fraction of sp³-hybridized carbons (Fsp3) is 0.818. The number of nitrogens with one attached hydrogen (secondary N) is 2. The summed E-state index contributed by atoms with van der Waals surface area (Å²) in [4.78, 5) is 22.1. The van der Waals surface area contributed by atoms with Gasteiger partial charge >= 0.3 is 0 Å². The van der Waals surface area contributed by atoms with Crippen LogP contribution in [0.5, 0.6) is 0 Å². The molecular formula is C11H23N3O2. The van der Waals surface area contributed by atoms with Gasteiger partial charge in [-0.25, -0.2) is 0 Å². The zero-order valence-electron chi connectivity index (χ0n) is 10.4. The lowest BCUT2D eigenvalue weighted by Gasteiger charge is -2.24. The molecule has 2 amide bonds. The minimum Gasteiger partial charge on any atom is -0.370 e. The van der Waals surface area contributed by atoms with Crippen LogP contribution in [0.4, 0.5) is 0 Å². The molecule has 0 heterocycles. The Bertz CT molecular complexity index is 239. The van der Waals surface area contributed by atoms with Crippen LogP contribution < -0.4 is 16.4 Å². The Morgan fingerprint density at radius 3 is 2.44 bits per heavy atom. The Morgan fingerprint density at radius 2 is 1.94 bits per heavy atom. The molecule has 16 heavy (non-hydrogen) atoms. The summed E-state index contributed by atoms with van der Waals surface area (Å²) in [6.07, 6.45) is 2.26. The van der Waals surface area contributed by atoms with E-state index in [2.05, 4.69) is 17.6 Å². The second-order valence-electron chi connectivity index (χ2n) is 4.58. The highest BCUT2D eigenvalue weighted by molar-refractivity contribution is 5.78. The molecule has 0 saturated carbocycles. The quantitative estimate of drug-likeness (QED) is 0.518. The van der Waals surface area contributed by atoms with Crippen LogP contribution in [0.3, 0.4) is 0 Å². The molecule has 0 aliphatic rings. The van der Waals surface area contributed by atoms with E-state index in [0.717, 1.165) is 12.8 Å². The van der Waals surface area contributed by atoms with Crippen molar-refractivity contribution in [3.05, 3.63) is 0 Å². The van der Waals surface area contributed by atoms with Gasteiger partial charge in [-0.3, -0.25) is 9.59 Å². The Balaban J connectivity index is 3.77. The average Bonchev–Trinajstić information content (AvgIpc) is 2.13. The van der Waals surface area contributed by atoms with Crippen LogP contribution in [0.2, 0.25) is 0 Å². The first kappa shape index (κ1) is 14.9. The van der Waals surface area contributed by atoms with Crippen LogP contribution in [-0.4, -0.2) is 30.4 Å². The van der Waals surface area contributed by atoms with E-state index >= 15 is 0 Å². The zero-order valence-corrected chi connectivity index (χ0v) is 10.4. The third-order valence-electron chi connectivity index (χ3n) is 2.20. The van der Waals surface area contributed by atoms with Gasteiger partial charge in [-0.1, -0.05) is 13.3 Å². The van der Waals surface area contributed by atoms with Gasteiger partial charge in [0, 0.05) is 18.5 Å². The van der Waals surface area contributed by atoms with Gasteiger partial charge in [-0.2, -0.15) is 0 Å². The van der Waals surface area contributed by atoms with E-state index in [-0.39, 0.29) is 24.8 Å². The molecule has 4 N–H and O–H groups in total. The van der Waals surface area contributed by atoms with Crippen LogP contribution >= 0.6 is 0 Å². The first-order chi connectivity index (χ1) is 7.37. The monoisotopic (exact) mass is 229 g/mol. The summed E-state index contributed by atoms with van der Waals surface area (Å²) < 4.78 is 0. The van der Waals surface area contributed by atoms with Crippen molar-refractivity contribution in [3.8, 4) is 0 Å². The van der Waals surface area contributed by atoms with Crippen LogP contribution in [0, 0.1) is 0 Å². The molecule has 0 aliphatic heterocycles. The third kappa shape index (κ3) is 8.23. The molecule has 0 aromatic carbocycles. The van der Waals surface area contributed by atoms with E-state index in [4.69, 9.17) is 5.73 Å². The predicted molar refractivity (Wildman–Crippen MR) is 63.8 cm³/mol. The maximum Gasteiger partial charge on any atom is 0.233 e. The molecule has 0 unspecified atom stereocenters. The van der Waals surface area contributed by atoms with Crippen molar-refractivity contribution in [2.24, 2.45) is 5.73 Å². The Kier molecular flexibility index (Phi) is 6.72. The van der Waals surface area contributed by atoms with Crippen molar-refractivity contribution in [2.75, 3.05) is 13.1 Å². The first-order valence-corrected chi connectivity index (χ1v) is 5.67. The van der Waals surface area contributed by atoms with Crippen molar-refractivity contribution >= 4 is 11.8 Å². The Hall–Kier alpha value is -1.10. The second-order valence-corrected chi connectivity index (χ2v) is 4.58. The van der Waals surface area contributed by atoms with E-state index < -0.39 is 5.54 Å². The number of unbranched alkanes of at least 4 members (excludes halogenated alkanes) is 1. The first-order valence-electron chi connectivity index (χ1n) is 5.67. The maximum absolute atomic E-state index is 11.4.